The molecule has 2 aromatic heterocycles. The van der Waals surface area contributed by atoms with E-state index in [9.17, 15) is 13.6 Å². The van der Waals surface area contributed by atoms with Crippen molar-refractivity contribution in [2.45, 2.75) is 10.9 Å². The second-order valence-electron chi connectivity index (χ2n) is 6.81. The monoisotopic (exact) mass is 448 g/mol. The molecule has 9 heteroatoms. The molecule has 0 radical (unpaired) electrons. The van der Waals surface area contributed by atoms with E-state index in [0.717, 1.165) is 34.0 Å². The molecule has 0 atom stereocenters. The van der Waals surface area contributed by atoms with Crippen LogP contribution < -0.4 is 5.56 Å². The molecule has 0 saturated carbocycles. The van der Waals surface area contributed by atoms with E-state index in [1.165, 1.54) is 6.07 Å². The number of benzene rings is 3. The summed E-state index contributed by atoms with van der Waals surface area (Å²) in [5, 5.41) is 4.53. The lowest BCUT2D eigenvalue weighted by Crippen LogP contribution is -2.22. The third kappa shape index (κ3) is 3.78. The van der Waals surface area contributed by atoms with Crippen molar-refractivity contribution in [2.75, 3.05) is 0 Å². The summed E-state index contributed by atoms with van der Waals surface area (Å²) >= 11 is 1.14. The molecule has 0 aliphatic rings. The molecule has 2 heterocycles. The van der Waals surface area contributed by atoms with Crippen molar-refractivity contribution in [1.29, 1.82) is 0 Å². The molecule has 0 amide bonds. The molecule has 0 saturated heterocycles. The van der Waals surface area contributed by atoms with E-state index in [2.05, 4.69) is 15.1 Å². The predicted octanol–water partition coefficient (Wildman–Crippen LogP) is 5.01. The van der Waals surface area contributed by atoms with Gasteiger partial charge in [-0.2, -0.15) is 4.98 Å². The lowest BCUT2D eigenvalue weighted by molar-refractivity contribution is 0.391. The van der Waals surface area contributed by atoms with Gasteiger partial charge in [-0.05, 0) is 24.3 Å². The third-order valence-electron chi connectivity index (χ3n) is 4.72. The lowest BCUT2D eigenvalue weighted by atomic mass is 10.2. The van der Waals surface area contributed by atoms with Crippen LogP contribution in [-0.2, 0) is 5.75 Å². The van der Waals surface area contributed by atoms with Gasteiger partial charge in [-0.25, -0.2) is 13.8 Å². The van der Waals surface area contributed by atoms with Gasteiger partial charge in [0.15, 0.2) is 5.16 Å². The Morgan fingerprint density at radius 3 is 2.53 bits per heavy atom. The molecule has 5 rings (SSSR count). The summed E-state index contributed by atoms with van der Waals surface area (Å²) in [4.78, 5) is 22.1. The number of halogens is 2. The quantitative estimate of drug-likeness (QED) is 0.278. The maximum Gasteiger partial charge on any atom is 0.266 e. The van der Waals surface area contributed by atoms with Crippen LogP contribution in [0.1, 0.15) is 5.89 Å². The average molecular weight is 448 g/mol. The number of thioether (sulfide) groups is 1. The first-order valence-corrected chi connectivity index (χ1v) is 10.6. The first-order chi connectivity index (χ1) is 15.6. The minimum Gasteiger partial charge on any atom is -0.338 e. The molecule has 0 bridgehead atoms. The van der Waals surface area contributed by atoms with E-state index in [1.54, 1.807) is 24.3 Å². The Morgan fingerprint density at radius 2 is 1.72 bits per heavy atom. The molecule has 0 spiro atoms. The average Bonchev–Trinajstić information content (AvgIpc) is 3.28. The van der Waals surface area contributed by atoms with Crippen molar-refractivity contribution < 1.29 is 13.3 Å². The van der Waals surface area contributed by atoms with Gasteiger partial charge in [0, 0.05) is 11.6 Å². The predicted molar refractivity (Wildman–Crippen MR) is 117 cm³/mol. The molecule has 0 aliphatic carbocycles. The zero-order valence-corrected chi connectivity index (χ0v) is 17.2. The van der Waals surface area contributed by atoms with Crippen LogP contribution in [0.25, 0.3) is 28.0 Å². The summed E-state index contributed by atoms with van der Waals surface area (Å²) in [6.07, 6.45) is 0. The molecule has 0 N–H and O–H groups in total. The number of hydrogen-bond acceptors (Lipinski definition) is 6. The number of rotatable bonds is 5. The van der Waals surface area contributed by atoms with Crippen molar-refractivity contribution in [1.82, 2.24) is 19.7 Å². The van der Waals surface area contributed by atoms with Crippen molar-refractivity contribution in [3.05, 3.63) is 101 Å². The maximum absolute atomic E-state index is 14.6. The summed E-state index contributed by atoms with van der Waals surface area (Å²) in [6.45, 7) is 0. The number of hydrogen-bond donors (Lipinski definition) is 0. The number of nitrogens with zero attached hydrogens (tertiary/aromatic N) is 4. The third-order valence-corrected chi connectivity index (χ3v) is 5.64. The van der Waals surface area contributed by atoms with Gasteiger partial charge < -0.3 is 4.52 Å². The van der Waals surface area contributed by atoms with Gasteiger partial charge in [0.1, 0.15) is 11.6 Å². The van der Waals surface area contributed by atoms with Crippen LogP contribution >= 0.6 is 11.8 Å². The van der Waals surface area contributed by atoms with Crippen LogP contribution in [-0.4, -0.2) is 19.7 Å². The van der Waals surface area contributed by atoms with E-state index in [4.69, 9.17) is 4.52 Å². The molecule has 3 aromatic carbocycles. The molecule has 0 fully saturated rings. The van der Waals surface area contributed by atoms with Gasteiger partial charge in [-0.1, -0.05) is 59.4 Å². The highest BCUT2D eigenvalue weighted by molar-refractivity contribution is 7.98. The minimum atomic E-state index is -0.866. The fraction of sp³-hybridized carbons (Fsp3) is 0.0435. The Bertz CT molecular complexity index is 1480. The smallest absolute Gasteiger partial charge is 0.266 e. The summed E-state index contributed by atoms with van der Waals surface area (Å²) in [7, 11) is 0. The Hall–Kier alpha value is -3.85. The molecule has 32 heavy (non-hydrogen) atoms. The van der Waals surface area contributed by atoms with Gasteiger partial charge in [-0.15, -0.1) is 0 Å². The second-order valence-corrected chi connectivity index (χ2v) is 7.76. The van der Waals surface area contributed by atoms with Crippen molar-refractivity contribution in [3.8, 4) is 17.1 Å². The van der Waals surface area contributed by atoms with E-state index in [-0.39, 0.29) is 16.6 Å². The van der Waals surface area contributed by atoms with E-state index in [1.807, 2.05) is 30.3 Å². The van der Waals surface area contributed by atoms with Gasteiger partial charge in [0.05, 0.1) is 22.3 Å². The zero-order valence-electron chi connectivity index (χ0n) is 16.4. The standard InChI is InChI=1S/C23H14F2N4O2S/c24-15-10-11-19(17(25)12-15)29-22(30)16-8-4-5-9-18(16)26-23(29)32-13-20-27-21(28-31-20)14-6-2-1-3-7-14/h1-12H,13H2. The summed E-state index contributed by atoms with van der Waals surface area (Å²) in [5.74, 6) is -0.637. The van der Waals surface area contributed by atoms with Crippen LogP contribution in [0.15, 0.2) is 87.3 Å². The molecule has 158 valence electrons. The normalized spacial score (nSPS) is 11.2. The van der Waals surface area contributed by atoms with Gasteiger partial charge in [0.2, 0.25) is 11.7 Å². The van der Waals surface area contributed by atoms with E-state index < -0.39 is 17.2 Å². The van der Waals surface area contributed by atoms with Gasteiger partial charge in [-0.3, -0.25) is 9.36 Å². The minimum absolute atomic E-state index is 0.0901. The number of aromatic nitrogens is 4. The van der Waals surface area contributed by atoms with E-state index in [0.29, 0.717) is 22.6 Å². The maximum atomic E-state index is 14.6. The van der Waals surface area contributed by atoms with Crippen LogP contribution in [0, 0.1) is 11.6 Å². The molecule has 5 aromatic rings. The molecule has 6 nitrogen and oxygen atoms in total. The highest BCUT2D eigenvalue weighted by Gasteiger charge is 2.18. The highest BCUT2D eigenvalue weighted by Crippen LogP contribution is 2.26. The van der Waals surface area contributed by atoms with Crippen LogP contribution in [0.3, 0.4) is 0 Å². The fourth-order valence-electron chi connectivity index (χ4n) is 3.23. The van der Waals surface area contributed by atoms with E-state index >= 15 is 0 Å². The Labute approximate surface area is 184 Å². The van der Waals surface area contributed by atoms with Crippen LogP contribution in [0.4, 0.5) is 8.78 Å². The van der Waals surface area contributed by atoms with Crippen molar-refractivity contribution >= 4 is 22.7 Å². The SMILES string of the molecule is O=c1c2ccccc2nc(SCc2nc(-c3ccccc3)no2)n1-c1ccc(F)cc1F. The summed E-state index contributed by atoms with van der Waals surface area (Å²) in [5.41, 5.74) is 0.725. The van der Waals surface area contributed by atoms with Crippen molar-refractivity contribution in [3.63, 3.8) is 0 Å². The van der Waals surface area contributed by atoms with Gasteiger partial charge in [0.25, 0.3) is 5.56 Å². The first-order valence-electron chi connectivity index (χ1n) is 9.58. The Balaban J connectivity index is 1.55. The summed E-state index contributed by atoms with van der Waals surface area (Å²) in [6, 6.07) is 19.2. The molecular formula is C23H14F2N4O2S. The summed E-state index contributed by atoms with van der Waals surface area (Å²) < 4.78 is 34.5. The molecule has 0 aliphatic heterocycles. The Morgan fingerprint density at radius 1 is 0.938 bits per heavy atom. The fourth-order valence-corrected chi connectivity index (χ4v) is 4.07. The topological polar surface area (TPSA) is 73.8 Å². The highest BCUT2D eigenvalue weighted by atomic mass is 32.2. The Kier molecular flexibility index (Phi) is 5.24. The molecule has 0 unspecified atom stereocenters. The number of para-hydroxylation sites is 1. The largest absolute Gasteiger partial charge is 0.338 e. The van der Waals surface area contributed by atoms with Gasteiger partial charge >= 0.3 is 0 Å². The zero-order chi connectivity index (χ0) is 22.1. The number of fused-ring (bicyclic) bond motifs is 1. The first kappa shape index (κ1) is 20.1. The van der Waals surface area contributed by atoms with Crippen LogP contribution in [0.5, 0.6) is 0 Å². The molecular weight excluding hydrogens is 434 g/mol. The second kappa shape index (κ2) is 8.35. The lowest BCUT2D eigenvalue weighted by Gasteiger charge is -2.13. The van der Waals surface area contributed by atoms with Crippen molar-refractivity contribution in [2.24, 2.45) is 0 Å². The van der Waals surface area contributed by atoms with Crippen LogP contribution in [0.2, 0.25) is 0 Å².